The highest BCUT2D eigenvalue weighted by Gasteiger charge is 2.33. The van der Waals surface area contributed by atoms with Crippen LogP contribution in [0, 0.1) is 0 Å². The summed E-state index contributed by atoms with van der Waals surface area (Å²) >= 11 is 0. The van der Waals surface area contributed by atoms with Crippen molar-refractivity contribution in [1.82, 2.24) is 0 Å². The fourth-order valence-electron chi connectivity index (χ4n) is 3.09. The van der Waals surface area contributed by atoms with Gasteiger partial charge in [0.15, 0.2) is 0 Å². The van der Waals surface area contributed by atoms with Gasteiger partial charge in [-0.1, -0.05) is 51.5 Å². The van der Waals surface area contributed by atoms with Crippen LogP contribution in [0.15, 0.2) is 36.4 Å². The number of ether oxygens (including phenoxy) is 2. The lowest BCUT2D eigenvalue weighted by molar-refractivity contribution is -0.140. The second-order valence-electron chi connectivity index (χ2n) is 7.28. The molecule has 0 fully saturated rings. The smallest absolute Gasteiger partial charge is 0.256 e. The molecule has 0 saturated carbocycles. The van der Waals surface area contributed by atoms with Crippen molar-refractivity contribution >= 4 is 22.4 Å². The molecule has 2 aromatic carbocycles. The summed E-state index contributed by atoms with van der Waals surface area (Å²) in [5.41, 5.74) is -0.0351. The van der Waals surface area contributed by atoms with E-state index in [1.54, 1.807) is 0 Å². The number of hydrogen-bond acceptors (Lipinski definition) is 3. The van der Waals surface area contributed by atoms with E-state index in [0.717, 1.165) is 41.5 Å². The first-order valence-corrected chi connectivity index (χ1v) is 10.1. The number of carbonyl (C=O) groups is 1. The molecule has 27 heavy (non-hydrogen) atoms. The highest BCUT2D eigenvalue weighted by Crippen LogP contribution is 2.33. The van der Waals surface area contributed by atoms with Crippen molar-refractivity contribution in [3.63, 3.8) is 0 Å². The van der Waals surface area contributed by atoms with Crippen molar-refractivity contribution in [1.29, 1.82) is 0 Å². The fraction of sp³-hybridized carbons (Fsp3) is 0.522. The van der Waals surface area contributed by atoms with E-state index < -0.39 is 5.60 Å². The van der Waals surface area contributed by atoms with Gasteiger partial charge in [-0.25, -0.2) is 0 Å². The fourth-order valence-corrected chi connectivity index (χ4v) is 3.09. The van der Waals surface area contributed by atoms with Crippen LogP contribution in [0.3, 0.4) is 0 Å². The second kappa shape index (κ2) is 9.75. The molecule has 2 unspecified atom stereocenters. The Kier molecular flexibility index (Phi) is 7.66. The average Bonchev–Trinajstić information content (AvgIpc) is 2.68. The molecule has 1 N–H and O–H groups in total. The Morgan fingerprint density at radius 3 is 2.41 bits per heavy atom. The Bertz CT molecular complexity index is 758. The number of hydrogen-bond donors (Lipinski definition) is 1. The molecule has 0 spiro atoms. The topological polar surface area (TPSA) is 47.6 Å². The molecule has 0 radical (unpaired) electrons. The molecule has 0 aliphatic carbocycles. The van der Waals surface area contributed by atoms with Gasteiger partial charge >= 0.3 is 0 Å². The minimum Gasteiger partial charge on any atom is -0.490 e. The maximum absolute atomic E-state index is 13.0. The Hall–Kier alpha value is -2.07. The van der Waals surface area contributed by atoms with Gasteiger partial charge < -0.3 is 14.8 Å². The van der Waals surface area contributed by atoms with Crippen LogP contribution in [0.2, 0.25) is 0 Å². The molecule has 4 heteroatoms. The molecule has 0 saturated heterocycles. The predicted molar refractivity (Wildman–Crippen MR) is 113 cm³/mol. The summed E-state index contributed by atoms with van der Waals surface area (Å²) in [6.45, 7) is 10.7. The van der Waals surface area contributed by atoms with Gasteiger partial charge in [-0.2, -0.15) is 0 Å². The van der Waals surface area contributed by atoms with Gasteiger partial charge in [0.05, 0.1) is 6.10 Å². The van der Waals surface area contributed by atoms with Gasteiger partial charge in [0.1, 0.15) is 11.4 Å². The van der Waals surface area contributed by atoms with E-state index in [4.69, 9.17) is 9.47 Å². The van der Waals surface area contributed by atoms with Crippen LogP contribution in [0.5, 0.6) is 5.75 Å². The van der Waals surface area contributed by atoms with Crippen LogP contribution < -0.4 is 10.1 Å². The lowest BCUT2D eigenvalue weighted by Gasteiger charge is -2.28. The number of benzene rings is 2. The van der Waals surface area contributed by atoms with E-state index in [-0.39, 0.29) is 12.0 Å². The highest BCUT2D eigenvalue weighted by molar-refractivity contribution is 6.06. The molecule has 0 aromatic heterocycles. The SMILES string of the molecule is CCCOC(C)(CCC)C(=O)Nc1ccc(OC(C)CC)c2ccccc12. The maximum atomic E-state index is 13.0. The summed E-state index contributed by atoms with van der Waals surface area (Å²) in [6, 6.07) is 11.9. The Labute approximate surface area is 163 Å². The molecular weight excluding hydrogens is 338 g/mol. The zero-order chi connectivity index (χ0) is 19.9. The maximum Gasteiger partial charge on any atom is 0.256 e. The van der Waals surface area contributed by atoms with Gasteiger partial charge in [-0.05, 0) is 45.2 Å². The Morgan fingerprint density at radius 2 is 1.78 bits per heavy atom. The third-order valence-electron chi connectivity index (χ3n) is 4.87. The first-order chi connectivity index (χ1) is 12.9. The van der Waals surface area contributed by atoms with Crippen LogP contribution in [0.4, 0.5) is 5.69 Å². The molecule has 0 aliphatic heterocycles. The van der Waals surface area contributed by atoms with Crippen molar-refractivity contribution in [3.05, 3.63) is 36.4 Å². The predicted octanol–water partition coefficient (Wildman–Crippen LogP) is 5.94. The summed E-state index contributed by atoms with van der Waals surface area (Å²) in [7, 11) is 0. The number of amides is 1. The van der Waals surface area contributed by atoms with Crippen molar-refractivity contribution in [2.45, 2.75) is 72.0 Å². The summed E-state index contributed by atoms with van der Waals surface area (Å²) in [5.74, 6) is 0.745. The van der Waals surface area contributed by atoms with Crippen LogP contribution in [0.1, 0.15) is 60.3 Å². The van der Waals surface area contributed by atoms with Crippen molar-refractivity contribution in [3.8, 4) is 5.75 Å². The van der Waals surface area contributed by atoms with Crippen molar-refractivity contribution in [2.75, 3.05) is 11.9 Å². The summed E-state index contributed by atoms with van der Waals surface area (Å²) in [4.78, 5) is 13.0. The molecule has 2 aromatic rings. The molecule has 2 atom stereocenters. The zero-order valence-corrected chi connectivity index (χ0v) is 17.3. The number of carbonyl (C=O) groups excluding carboxylic acids is 1. The monoisotopic (exact) mass is 371 g/mol. The summed E-state index contributed by atoms with van der Waals surface area (Å²) in [5, 5.41) is 5.07. The summed E-state index contributed by atoms with van der Waals surface area (Å²) < 4.78 is 12.0. The van der Waals surface area contributed by atoms with Crippen LogP contribution in [-0.2, 0) is 9.53 Å². The van der Waals surface area contributed by atoms with Crippen LogP contribution >= 0.6 is 0 Å². The lowest BCUT2D eigenvalue weighted by Crippen LogP contribution is -2.43. The van der Waals surface area contributed by atoms with Gasteiger partial charge in [0.2, 0.25) is 0 Å². The van der Waals surface area contributed by atoms with E-state index in [1.165, 1.54) is 0 Å². The molecule has 2 rings (SSSR count). The number of fused-ring (bicyclic) bond motifs is 1. The molecule has 4 nitrogen and oxygen atoms in total. The molecule has 1 amide bonds. The number of anilines is 1. The second-order valence-corrected chi connectivity index (χ2v) is 7.28. The van der Waals surface area contributed by atoms with Gasteiger partial charge in [-0.3, -0.25) is 4.79 Å². The minimum absolute atomic E-state index is 0.0986. The van der Waals surface area contributed by atoms with Crippen molar-refractivity contribution in [2.24, 2.45) is 0 Å². The third kappa shape index (κ3) is 5.23. The van der Waals surface area contributed by atoms with Crippen molar-refractivity contribution < 1.29 is 14.3 Å². The van der Waals surface area contributed by atoms with E-state index in [0.29, 0.717) is 13.0 Å². The molecule has 0 aliphatic rings. The highest BCUT2D eigenvalue weighted by atomic mass is 16.5. The normalized spacial score (nSPS) is 14.6. The molecule has 0 bridgehead atoms. The van der Waals surface area contributed by atoms with E-state index >= 15 is 0 Å². The van der Waals surface area contributed by atoms with E-state index in [2.05, 4.69) is 26.1 Å². The first kappa shape index (κ1) is 21.2. The lowest BCUT2D eigenvalue weighted by atomic mass is 9.98. The molecule has 0 heterocycles. The van der Waals surface area contributed by atoms with Gasteiger partial charge in [-0.15, -0.1) is 0 Å². The largest absolute Gasteiger partial charge is 0.490 e. The third-order valence-corrected chi connectivity index (χ3v) is 4.87. The van der Waals surface area contributed by atoms with E-state index in [9.17, 15) is 4.79 Å². The Balaban J connectivity index is 2.33. The standard InChI is InChI=1S/C23H33NO3/c1-6-15-23(5,26-16-7-2)22(25)24-20-13-14-21(27-17(4)8-3)19-12-10-9-11-18(19)20/h9-14,17H,6-8,15-16H2,1-5H3,(H,24,25). The van der Waals surface area contributed by atoms with Gasteiger partial charge in [0.25, 0.3) is 5.91 Å². The minimum atomic E-state index is -0.822. The Morgan fingerprint density at radius 1 is 1.07 bits per heavy atom. The molecule has 148 valence electrons. The quantitative estimate of drug-likeness (QED) is 0.562. The van der Waals surface area contributed by atoms with Crippen LogP contribution in [0.25, 0.3) is 10.8 Å². The molecular formula is C23H33NO3. The average molecular weight is 372 g/mol. The van der Waals surface area contributed by atoms with Crippen LogP contribution in [-0.4, -0.2) is 24.2 Å². The van der Waals surface area contributed by atoms with Gasteiger partial charge in [0, 0.05) is 23.1 Å². The summed E-state index contributed by atoms with van der Waals surface area (Å²) in [6.07, 6.45) is 3.54. The zero-order valence-electron chi connectivity index (χ0n) is 17.3. The number of nitrogens with one attached hydrogen (secondary N) is 1. The number of rotatable bonds is 10. The van der Waals surface area contributed by atoms with E-state index in [1.807, 2.05) is 50.2 Å². The first-order valence-electron chi connectivity index (χ1n) is 10.1.